The van der Waals surface area contributed by atoms with Crippen LogP contribution in [0.2, 0.25) is 0 Å². The zero-order chi connectivity index (χ0) is 42.8. The van der Waals surface area contributed by atoms with Crippen molar-refractivity contribution in [1.82, 2.24) is 29.9 Å². The topological polar surface area (TPSA) is 237 Å². The molecule has 2 aliphatic heterocycles. The lowest BCUT2D eigenvalue weighted by Crippen LogP contribution is -2.37. The summed E-state index contributed by atoms with van der Waals surface area (Å²) in [6.45, 7) is 3.55. The number of nitrogens with one attached hydrogen (secondary N) is 4. The van der Waals surface area contributed by atoms with Crippen LogP contribution in [0.3, 0.4) is 0 Å². The Labute approximate surface area is 357 Å². The monoisotopic (exact) mass is 880 g/mol. The van der Waals surface area contributed by atoms with Crippen LogP contribution in [-0.2, 0) is 38.3 Å². The molecule has 6 aromatic rings. The fourth-order valence-corrected chi connectivity index (χ4v) is 8.95. The highest BCUT2D eigenvalue weighted by Gasteiger charge is 2.35. The number of benzene rings is 4. The maximum Gasteiger partial charge on any atom is 0.319 e. The van der Waals surface area contributed by atoms with Crippen LogP contribution >= 0.6 is 0 Å². The van der Waals surface area contributed by atoms with Crippen molar-refractivity contribution >= 4 is 77.1 Å². The smallest absolute Gasteiger partial charge is 0.319 e. The van der Waals surface area contributed by atoms with Crippen molar-refractivity contribution in [2.24, 2.45) is 0 Å². The Balaban J connectivity index is 1.15. The van der Waals surface area contributed by atoms with Gasteiger partial charge in [-0.1, -0.05) is 97.1 Å². The second kappa shape index (κ2) is 19.3. The van der Waals surface area contributed by atoms with Crippen LogP contribution in [0.15, 0.2) is 121 Å². The third kappa shape index (κ3) is 10.5. The largest absolute Gasteiger partial charge is 0.378 e. The Kier molecular flexibility index (Phi) is 13.0. The Hall–Kier alpha value is -6.82. The van der Waals surface area contributed by atoms with Crippen molar-refractivity contribution in [2.75, 3.05) is 84.0 Å². The van der Waals surface area contributed by atoms with Crippen LogP contribution in [-0.4, -0.2) is 99.3 Å². The Morgan fingerprint density at radius 3 is 1.13 bits per heavy atom. The molecule has 4 N–H and O–H groups in total. The summed E-state index contributed by atoms with van der Waals surface area (Å²) in [5.74, 6) is 0.0210. The van der Waals surface area contributed by atoms with E-state index in [0.717, 1.165) is 0 Å². The highest BCUT2D eigenvalue weighted by molar-refractivity contribution is 8.02. The molecular weight excluding hydrogens is 841 g/mol. The SMILES string of the molecule is O=S(=O)(ONc1nc(Nc2ccccc2)nc(N2CCOCC2)n1)C(=C(c1ccccc1)S(=O)(=O)ONc1nc(Nc2ccccc2)nc(N2CCOCC2)n1)c1ccccc1. The highest BCUT2D eigenvalue weighted by Crippen LogP contribution is 2.37. The number of hydrogen-bond donors (Lipinski definition) is 4. The molecule has 4 aromatic carbocycles. The van der Waals surface area contributed by atoms with E-state index in [-0.39, 0.29) is 46.8 Å². The number of nitrogens with zero attached hydrogens (tertiary/aromatic N) is 8. The summed E-state index contributed by atoms with van der Waals surface area (Å²) >= 11 is 0. The van der Waals surface area contributed by atoms with Crippen molar-refractivity contribution in [3.8, 4) is 0 Å². The predicted molar refractivity (Wildman–Crippen MR) is 232 cm³/mol. The molecule has 320 valence electrons. The molecule has 4 heterocycles. The average Bonchev–Trinajstić information content (AvgIpc) is 3.31. The van der Waals surface area contributed by atoms with E-state index in [1.165, 1.54) is 24.3 Å². The maximum absolute atomic E-state index is 14.6. The van der Waals surface area contributed by atoms with E-state index in [0.29, 0.717) is 64.0 Å². The van der Waals surface area contributed by atoms with E-state index in [2.05, 4.69) is 51.5 Å². The van der Waals surface area contributed by atoms with Gasteiger partial charge in [-0.3, -0.25) is 0 Å². The summed E-state index contributed by atoms with van der Waals surface area (Å²) in [6, 6.07) is 33.4. The number of morpholine rings is 2. The first-order chi connectivity index (χ1) is 30.2. The molecule has 0 bridgehead atoms. The molecule has 0 atom stereocenters. The van der Waals surface area contributed by atoms with Crippen molar-refractivity contribution in [1.29, 1.82) is 0 Å². The molecule has 8 rings (SSSR count). The number of anilines is 8. The summed E-state index contributed by atoms with van der Waals surface area (Å²) in [5.41, 5.74) is 5.91. The number of rotatable bonds is 16. The van der Waals surface area contributed by atoms with Gasteiger partial charge in [-0.05, 0) is 35.4 Å². The fourth-order valence-electron chi connectivity index (χ4n) is 6.27. The lowest BCUT2D eigenvalue weighted by atomic mass is 10.1. The van der Waals surface area contributed by atoms with Gasteiger partial charge in [0.25, 0.3) is 11.9 Å². The summed E-state index contributed by atoms with van der Waals surface area (Å²) in [7, 11) is -10.2. The van der Waals surface area contributed by atoms with Crippen molar-refractivity contribution in [2.45, 2.75) is 0 Å². The van der Waals surface area contributed by atoms with E-state index in [1.54, 1.807) is 60.7 Å². The molecule has 0 amide bonds. The minimum atomic E-state index is -5.10. The van der Waals surface area contributed by atoms with Crippen LogP contribution in [0, 0.1) is 0 Å². The predicted octanol–water partition coefficient (Wildman–Crippen LogP) is 4.79. The Bertz CT molecular complexity index is 2510. The Morgan fingerprint density at radius 1 is 0.452 bits per heavy atom. The minimum Gasteiger partial charge on any atom is -0.378 e. The molecule has 20 nitrogen and oxygen atoms in total. The molecule has 0 saturated carbocycles. The molecule has 0 aliphatic carbocycles. The van der Waals surface area contributed by atoms with Gasteiger partial charge in [0.2, 0.25) is 23.8 Å². The Morgan fingerprint density at radius 2 is 0.774 bits per heavy atom. The molecule has 22 heteroatoms. The molecule has 2 fully saturated rings. The van der Waals surface area contributed by atoms with Crippen LogP contribution in [0.1, 0.15) is 11.1 Å². The molecule has 2 saturated heterocycles. The average molecular weight is 881 g/mol. The standard InChI is InChI=1S/C40H40N12O8S2/c53-61(54,59-49-37-43-35(41-31-17-9-3-10-18-31)45-39(47-37)51-21-25-57-26-22-51)33(29-13-5-1-6-14-29)34(30-15-7-2-8-16-30)62(55,56)60-50-38-44-36(42-32-19-11-4-12-20-32)46-40(48-38)52-23-27-58-28-24-52/h1-20H,21-28H2,(H2,41,43,45,47,49)(H2,42,44,46,48,50). The number of hydrogen-bond acceptors (Lipinski definition) is 20. The summed E-state index contributed by atoms with van der Waals surface area (Å²) in [6.07, 6.45) is 0. The number of para-hydroxylation sites is 2. The van der Waals surface area contributed by atoms with Crippen LogP contribution in [0.5, 0.6) is 0 Å². The highest BCUT2D eigenvalue weighted by atomic mass is 32.2. The summed E-state index contributed by atoms with van der Waals surface area (Å²) in [5, 5.41) is 6.18. The second-order valence-electron chi connectivity index (χ2n) is 13.4. The van der Waals surface area contributed by atoms with Crippen LogP contribution < -0.4 is 31.4 Å². The third-order valence-electron chi connectivity index (χ3n) is 9.16. The quantitative estimate of drug-likeness (QED) is 0.0755. The van der Waals surface area contributed by atoms with Crippen molar-refractivity contribution < 1.29 is 34.9 Å². The second-order valence-corrected chi connectivity index (χ2v) is 16.4. The first-order valence-corrected chi connectivity index (χ1v) is 22.1. The molecule has 2 aromatic heterocycles. The van der Waals surface area contributed by atoms with Gasteiger partial charge in [-0.2, -0.15) is 46.7 Å². The van der Waals surface area contributed by atoms with Crippen molar-refractivity contribution in [3.63, 3.8) is 0 Å². The summed E-state index contributed by atoms with van der Waals surface area (Å²) in [4.78, 5) is 28.8. The van der Waals surface area contributed by atoms with Gasteiger partial charge in [0, 0.05) is 37.6 Å². The van der Waals surface area contributed by atoms with Crippen molar-refractivity contribution in [3.05, 3.63) is 132 Å². The van der Waals surface area contributed by atoms with Gasteiger partial charge in [0.1, 0.15) is 9.81 Å². The van der Waals surface area contributed by atoms with E-state index in [1.807, 2.05) is 46.2 Å². The van der Waals surface area contributed by atoms with Gasteiger partial charge in [0.15, 0.2) is 0 Å². The fraction of sp³-hybridized carbons (Fsp3) is 0.200. The van der Waals surface area contributed by atoms with Crippen LogP contribution in [0.4, 0.5) is 47.1 Å². The van der Waals surface area contributed by atoms with E-state index in [9.17, 15) is 16.8 Å². The summed E-state index contributed by atoms with van der Waals surface area (Å²) < 4.78 is 80.2. The number of ether oxygens (including phenoxy) is 2. The lowest BCUT2D eigenvalue weighted by molar-refractivity contribution is 0.122. The van der Waals surface area contributed by atoms with E-state index >= 15 is 0 Å². The molecule has 0 radical (unpaired) electrons. The molecular formula is C40H40N12O8S2. The molecule has 0 unspecified atom stereocenters. The van der Waals surface area contributed by atoms with Crippen LogP contribution in [0.25, 0.3) is 9.81 Å². The minimum absolute atomic E-state index is 0.0412. The zero-order valence-corrected chi connectivity index (χ0v) is 34.5. The van der Waals surface area contributed by atoms with Gasteiger partial charge in [0.05, 0.1) is 26.4 Å². The van der Waals surface area contributed by atoms with Gasteiger partial charge >= 0.3 is 20.2 Å². The van der Waals surface area contributed by atoms with Gasteiger partial charge in [-0.25, -0.2) is 11.0 Å². The first kappa shape index (κ1) is 41.9. The zero-order valence-electron chi connectivity index (χ0n) is 32.9. The normalized spacial score (nSPS) is 15.0. The van der Waals surface area contributed by atoms with Gasteiger partial charge < -0.3 is 29.9 Å². The maximum atomic E-state index is 14.6. The molecule has 62 heavy (non-hydrogen) atoms. The first-order valence-electron chi connectivity index (χ1n) is 19.3. The molecule has 2 aliphatic rings. The number of aromatic nitrogens is 6. The molecule has 0 spiro atoms. The van der Waals surface area contributed by atoms with E-state index in [4.69, 9.17) is 18.0 Å². The van der Waals surface area contributed by atoms with E-state index < -0.39 is 30.0 Å². The third-order valence-corrected chi connectivity index (χ3v) is 11.8. The van der Waals surface area contributed by atoms with Gasteiger partial charge in [-0.15, -0.1) is 8.57 Å². The lowest BCUT2D eigenvalue weighted by Gasteiger charge is -2.27.